The van der Waals surface area contributed by atoms with Crippen LogP contribution in [-0.4, -0.2) is 17.1 Å². The molecular weight excluding hydrogens is 374 g/mol. The quantitative estimate of drug-likeness (QED) is 0.626. The summed E-state index contributed by atoms with van der Waals surface area (Å²) in [5.74, 6) is 0.896. The fourth-order valence-corrected chi connectivity index (χ4v) is 3.93. The summed E-state index contributed by atoms with van der Waals surface area (Å²) >= 11 is 6.27. The molecule has 28 heavy (non-hydrogen) atoms. The van der Waals surface area contributed by atoms with E-state index in [1.165, 1.54) is 6.26 Å². The van der Waals surface area contributed by atoms with Crippen LogP contribution in [0.15, 0.2) is 71.5 Å². The molecule has 6 heteroatoms. The van der Waals surface area contributed by atoms with Crippen LogP contribution in [0.3, 0.4) is 0 Å². The van der Waals surface area contributed by atoms with Crippen LogP contribution in [0.2, 0.25) is 5.02 Å². The van der Waals surface area contributed by atoms with Crippen molar-refractivity contribution in [1.29, 1.82) is 0 Å². The van der Waals surface area contributed by atoms with Gasteiger partial charge in [0.05, 0.1) is 6.20 Å². The third-order valence-electron chi connectivity index (χ3n) is 5.16. The van der Waals surface area contributed by atoms with Gasteiger partial charge in [0.2, 0.25) is 5.89 Å². The molecule has 1 aliphatic carbocycles. The summed E-state index contributed by atoms with van der Waals surface area (Å²) in [6, 6.07) is 17.5. The first-order valence-corrected chi connectivity index (χ1v) is 9.81. The first kappa shape index (κ1) is 18.6. The highest BCUT2D eigenvalue weighted by Crippen LogP contribution is 2.39. The number of amides is 2. The number of urea groups is 1. The average Bonchev–Trinajstić information content (AvgIpc) is 3.20. The zero-order valence-electron chi connectivity index (χ0n) is 15.3. The van der Waals surface area contributed by atoms with Crippen LogP contribution in [0.25, 0.3) is 0 Å². The highest BCUT2D eigenvalue weighted by Gasteiger charge is 2.33. The van der Waals surface area contributed by atoms with Gasteiger partial charge in [0.1, 0.15) is 12.3 Å². The normalized spacial score (nSPS) is 19.5. The predicted molar refractivity (Wildman–Crippen MR) is 108 cm³/mol. The second-order valence-electron chi connectivity index (χ2n) is 7.12. The lowest BCUT2D eigenvalue weighted by Gasteiger charge is -2.36. The number of carbonyl (C=O) groups is 1. The van der Waals surface area contributed by atoms with Gasteiger partial charge in [0.25, 0.3) is 0 Å². The standard InChI is InChI=1S/C22H22ClN3O2/c23-19-9-5-4-8-18(19)16-13-17(14-16)25-22(27)26-20(21-24-10-11-28-21)12-15-6-2-1-3-7-15/h1-11,16-17,20H,12-14H2,(H2,25,26,27). The maximum absolute atomic E-state index is 12.5. The van der Waals surface area contributed by atoms with Crippen molar-refractivity contribution in [2.24, 2.45) is 0 Å². The van der Waals surface area contributed by atoms with E-state index in [2.05, 4.69) is 21.7 Å². The van der Waals surface area contributed by atoms with Crippen LogP contribution < -0.4 is 10.6 Å². The fourth-order valence-electron chi connectivity index (χ4n) is 3.64. The second-order valence-corrected chi connectivity index (χ2v) is 7.52. The number of oxazole rings is 1. The fraction of sp³-hybridized carbons (Fsp3) is 0.273. The van der Waals surface area contributed by atoms with Crippen molar-refractivity contribution in [3.8, 4) is 0 Å². The minimum absolute atomic E-state index is 0.142. The number of halogens is 1. The van der Waals surface area contributed by atoms with E-state index in [1.807, 2.05) is 48.5 Å². The number of rotatable bonds is 6. The minimum Gasteiger partial charge on any atom is -0.447 e. The smallest absolute Gasteiger partial charge is 0.315 e. The van der Waals surface area contributed by atoms with E-state index in [1.54, 1.807) is 6.20 Å². The molecule has 1 heterocycles. The van der Waals surface area contributed by atoms with Gasteiger partial charge in [-0.05, 0) is 36.0 Å². The van der Waals surface area contributed by atoms with Gasteiger partial charge in [-0.15, -0.1) is 0 Å². The highest BCUT2D eigenvalue weighted by atomic mass is 35.5. The molecule has 0 aliphatic heterocycles. The monoisotopic (exact) mass is 395 g/mol. The molecule has 4 rings (SSSR count). The summed E-state index contributed by atoms with van der Waals surface area (Å²) in [5, 5.41) is 6.85. The third kappa shape index (κ3) is 4.37. The number of nitrogens with zero attached hydrogens (tertiary/aromatic N) is 1. The van der Waals surface area contributed by atoms with E-state index in [4.69, 9.17) is 16.0 Å². The number of benzene rings is 2. The number of aromatic nitrogens is 1. The largest absolute Gasteiger partial charge is 0.447 e. The lowest BCUT2D eigenvalue weighted by molar-refractivity contribution is 0.216. The SMILES string of the molecule is O=C(NC1CC(c2ccccc2Cl)C1)NC(Cc1ccccc1)c1ncco1. The van der Waals surface area contributed by atoms with Gasteiger partial charge >= 0.3 is 6.03 Å². The maximum atomic E-state index is 12.5. The Balaban J connectivity index is 1.33. The van der Waals surface area contributed by atoms with Crippen molar-refractivity contribution < 1.29 is 9.21 Å². The highest BCUT2D eigenvalue weighted by molar-refractivity contribution is 6.31. The molecule has 1 atom stereocenters. The Labute approximate surface area is 169 Å². The molecule has 1 unspecified atom stereocenters. The molecule has 1 aliphatic rings. The summed E-state index contributed by atoms with van der Waals surface area (Å²) in [6.07, 6.45) is 5.50. The second kappa shape index (κ2) is 8.48. The van der Waals surface area contributed by atoms with Crippen molar-refractivity contribution in [2.45, 2.75) is 37.3 Å². The van der Waals surface area contributed by atoms with E-state index >= 15 is 0 Å². The van der Waals surface area contributed by atoms with Gasteiger partial charge in [-0.25, -0.2) is 9.78 Å². The van der Waals surface area contributed by atoms with E-state index in [0.717, 1.165) is 29.0 Å². The molecule has 144 valence electrons. The summed E-state index contributed by atoms with van der Waals surface area (Å²) in [5.41, 5.74) is 2.26. The maximum Gasteiger partial charge on any atom is 0.315 e. The zero-order chi connectivity index (χ0) is 19.3. The average molecular weight is 396 g/mol. The molecule has 3 aromatic rings. The van der Waals surface area contributed by atoms with Crippen LogP contribution in [-0.2, 0) is 6.42 Å². The van der Waals surface area contributed by atoms with E-state index in [9.17, 15) is 4.79 Å². The van der Waals surface area contributed by atoms with Crippen molar-refractivity contribution in [3.63, 3.8) is 0 Å². The Bertz CT molecular complexity index is 909. The lowest BCUT2D eigenvalue weighted by Crippen LogP contribution is -2.48. The van der Waals surface area contributed by atoms with Crippen LogP contribution in [0.4, 0.5) is 4.79 Å². The number of nitrogens with one attached hydrogen (secondary N) is 2. The molecule has 0 bridgehead atoms. The molecule has 1 aromatic heterocycles. The minimum atomic E-state index is -0.322. The Morgan fingerprint density at radius 1 is 1.14 bits per heavy atom. The topological polar surface area (TPSA) is 67.2 Å². The predicted octanol–water partition coefficient (Wildman–Crippen LogP) is 4.86. The van der Waals surface area contributed by atoms with Crippen LogP contribution >= 0.6 is 11.6 Å². The third-order valence-corrected chi connectivity index (χ3v) is 5.50. The van der Waals surface area contributed by atoms with E-state index < -0.39 is 0 Å². The Hall–Kier alpha value is -2.79. The Morgan fingerprint density at radius 3 is 2.61 bits per heavy atom. The molecule has 0 saturated heterocycles. The molecule has 2 N–H and O–H groups in total. The van der Waals surface area contributed by atoms with Crippen LogP contribution in [0, 0.1) is 0 Å². The molecule has 5 nitrogen and oxygen atoms in total. The van der Waals surface area contributed by atoms with Gasteiger partial charge in [0.15, 0.2) is 0 Å². The summed E-state index contributed by atoms with van der Waals surface area (Å²) in [6.45, 7) is 0. The molecule has 2 amide bonds. The number of carbonyl (C=O) groups excluding carboxylic acids is 1. The van der Waals surface area contributed by atoms with E-state index in [-0.39, 0.29) is 18.1 Å². The first-order valence-electron chi connectivity index (χ1n) is 9.44. The van der Waals surface area contributed by atoms with Gasteiger partial charge < -0.3 is 15.1 Å². The molecule has 0 spiro atoms. The molecular formula is C22H22ClN3O2. The molecule has 1 saturated carbocycles. The van der Waals surface area contributed by atoms with Crippen molar-refractivity contribution in [2.75, 3.05) is 0 Å². The Kier molecular flexibility index (Phi) is 5.63. The van der Waals surface area contributed by atoms with Crippen LogP contribution in [0.5, 0.6) is 0 Å². The van der Waals surface area contributed by atoms with Gasteiger partial charge in [-0.2, -0.15) is 0 Å². The molecule has 1 fully saturated rings. The van der Waals surface area contributed by atoms with Crippen molar-refractivity contribution in [1.82, 2.24) is 15.6 Å². The van der Waals surface area contributed by atoms with Crippen LogP contribution in [0.1, 0.15) is 41.8 Å². The molecule has 2 aromatic carbocycles. The summed E-state index contributed by atoms with van der Waals surface area (Å²) in [7, 11) is 0. The summed E-state index contributed by atoms with van der Waals surface area (Å²) < 4.78 is 5.43. The van der Waals surface area contributed by atoms with Gasteiger partial charge in [-0.3, -0.25) is 0 Å². The van der Waals surface area contributed by atoms with Crippen molar-refractivity contribution >= 4 is 17.6 Å². The van der Waals surface area contributed by atoms with Gasteiger partial charge in [-0.1, -0.05) is 60.1 Å². The van der Waals surface area contributed by atoms with Gasteiger partial charge in [0, 0.05) is 17.5 Å². The number of hydrogen-bond acceptors (Lipinski definition) is 3. The zero-order valence-corrected chi connectivity index (χ0v) is 16.1. The summed E-state index contributed by atoms with van der Waals surface area (Å²) in [4.78, 5) is 16.8. The number of hydrogen-bond donors (Lipinski definition) is 2. The molecule has 0 radical (unpaired) electrons. The Morgan fingerprint density at radius 2 is 1.89 bits per heavy atom. The first-order chi connectivity index (χ1) is 13.7. The lowest BCUT2D eigenvalue weighted by atomic mass is 9.76. The van der Waals surface area contributed by atoms with Crippen molar-refractivity contribution in [3.05, 3.63) is 89.1 Å². The van der Waals surface area contributed by atoms with E-state index in [0.29, 0.717) is 18.2 Å².